The van der Waals surface area contributed by atoms with Crippen molar-refractivity contribution in [1.82, 2.24) is 19.9 Å². The number of piperidine rings is 1. The number of pyridine rings is 1. The van der Waals surface area contributed by atoms with Gasteiger partial charge in [-0.3, -0.25) is 0 Å². The summed E-state index contributed by atoms with van der Waals surface area (Å²) in [5.41, 5.74) is 4.74. The van der Waals surface area contributed by atoms with Gasteiger partial charge >= 0.3 is 0 Å². The molecule has 0 radical (unpaired) electrons. The number of aromatic nitrogens is 4. The minimum Gasteiger partial charge on any atom is -0.363 e. The molecule has 0 spiro atoms. The Hall–Kier alpha value is -2.63. The van der Waals surface area contributed by atoms with Gasteiger partial charge in [0.05, 0.1) is 5.69 Å². The molecule has 5 heterocycles. The lowest BCUT2D eigenvalue weighted by Gasteiger charge is -2.39. The summed E-state index contributed by atoms with van der Waals surface area (Å²) in [6.45, 7) is 7.81. The van der Waals surface area contributed by atoms with E-state index in [1.54, 1.807) is 6.33 Å². The van der Waals surface area contributed by atoms with Crippen molar-refractivity contribution in [1.29, 1.82) is 0 Å². The van der Waals surface area contributed by atoms with Crippen LogP contribution in [-0.2, 0) is 13.0 Å². The smallest absolute Gasteiger partial charge is 0.139 e. The second-order valence-electron chi connectivity index (χ2n) is 9.11. The molecule has 0 amide bonds. The van der Waals surface area contributed by atoms with Crippen molar-refractivity contribution in [3.63, 3.8) is 0 Å². The van der Waals surface area contributed by atoms with Gasteiger partial charge in [-0.25, -0.2) is 15.0 Å². The van der Waals surface area contributed by atoms with Gasteiger partial charge in [0.2, 0.25) is 0 Å². The predicted molar refractivity (Wildman–Crippen MR) is 115 cm³/mol. The molecule has 29 heavy (non-hydrogen) atoms. The summed E-state index contributed by atoms with van der Waals surface area (Å²) < 4.78 is 0. The van der Waals surface area contributed by atoms with Crippen LogP contribution in [0.5, 0.6) is 0 Å². The average molecular weight is 389 g/mol. The molecule has 3 aliphatic rings. The van der Waals surface area contributed by atoms with Crippen LogP contribution in [0.2, 0.25) is 0 Å². The Morgan fingerprint density at radius 1 is 1.17 bits per heavy atom. The highest BCUT2D eigenvalue weighted by atomic mass is 15.2. The first-order valence-corrected chi connectivity index (χ1v) is 11.0. The molecule has 0 unspecified atom stereocenters. The quantitative estimate of drug-likeness (QED) is 0.740. The van der Waals surface area contributed by atoms with Crippen LogP contribution in [0.1, 0.15) is 37.9 Å². The van der Waals surface area contributed by atoms with Crippen molar-refractivity contribution < 1.29 is 0 Å². The van der Waals surface area contributed by atoms with Crippen molar-refractivity contribution in [2.24, 2.45) is 17.8 Å². The highest BCUT2D eigenvalue weighted by molar-refractivity contribution is 5.90. The largest absolute Gasteiger partial charge is 0.363 e. The maximum Gasteiger partial charge on any atom is 0.139 e. The third-order valence-electron chi connectivity index (χ3n) is 7.42. The minimum absolute atomic E-state index is 0.392. The molecule has 1 N–H and O–H groups in total. The molecule has 3 aromatic rings. The molecular weight excluding hydrogens is 360 g/mol. The lowest BCUT2D eigenvalue weighted by Crippen LogP contribution is -2.42. The van der Waals surface area contributed by atoms with Gasteiger partial charge in [-0.1, -0.05) is 13.3 Å². The van der Waals surface area contributed by atoms with E-state index in [2.05, 4.69) is 45.7 Å². The number of rotatable bonds is 3. The molecule has 1 aliphatic carbocycles. The fraction of sp³-hybridized carbons (Fsp3) is 0.522. The Morgan fingerprint density at radius 2 is 2.10 bits per heavy atom. The summed E-state index contributed by atoms with van der Waals surface area (Å²) >= 11 is 0. The van der Waals surface area contributed by atoms with E-state index < -0.39 is 0 Å². The number of hydrogen-bond acceptors (Lipinski definition) is 5. The van der Waals surface area contributed by atoms with Gasteiger partial charge in [0, 0.05) is 61.1 Å². The number of nitrogens with zero attached hydrogens (tertiary/aromatic N) is 5. The summed E-state index contributed by atoms with van der Waals surface area (Å²) in [7, 11) is 0. The van der Waals surface area contributed by atoms with Gasteiger partial charge in [0.15, 0.2) is 0 Å². The number of H-pyrrole nitrogens is 1. The molecule has 1 saturated carbocycles. The van der Waals surface area contributed by atoms with Crippen LogP contribution in [0.3, 0.4) is 0 Å². The summed E-state index contributed by atoms with van der Waals surface area (Å²) in [5.74, 6) is 3.83. The first-order valence-electron chi connectivity index (χ1n) is 11.0. The Bertz CT molecular complexity index is 1060. The molecule has 0 bridgehead atoms. The highest BCUT2D eigenvalue weighted by Gasteiger charge is 2.47. The van der Waals surface area contributed by atoms with Gasteiger partial charge in [0.1, 0.15) is 17.8 Å². The van der Waals surface area contributed by atoms with E-state index in [-0.39, 0.29) is 0 Å². The molecule has 0 aromatic carbocycles. The first-order chi connectivity index (χ1) is 14.2. The zero-order chi connectivity index (χ0) is 19.5. The Kier molecular flexibility index (Phi) is 3.83. The molecule has 4 atom stereocenters. The Morgan fingerprint density at radius 3 is 3.00 bits per heavy atom. The predicted octanol–water partition coefficient (Wildman–Crippen LogP) is 3.79. The van der Waals surface area contributed by atoms with Crippen LogP contribution in [0.25, 0.3) is 11.0 Å². The molecule has 2 fully saturated rings. The Labute approximate surface area is 171 Å². The summed E-state index contributed by atoms with van der Waals surface area (Å²) in [5, 5.41) is 1.19. The SMILES string of the molecule is CC[C@H]1CN(c2ncnc3c2CN(c2ccnc4[nH]ccc24)[C@H](C)C3)C[C@H]2C[C@@H]21. The molecule has 6 nitrogen and oxygen atoms in total. The van der Waals surface area contributed by atoms with Gasteiger partial charge in [-0.05, 0) is 43.2 Å². The van der Waals surface area contributed by atoms with E-state index >= 15 is 0 Å². The topological polar surface area (TPSA) is 60.9 Å². The fourth-order valence-corrected chi connectivity index (χ4v) is 5.72. The van der Waals surface area contributed by atoms with E-state index in [0.29, 0.717) is 6.04 Å². The third-order valence-corrected chi connectivity index (χ3v) is 7.42. The molecule has 1 saturated heterocycles. The second-order valence-corrected chi connectivity index (χ2v) is 9.11. The van der Waals surface area contributed by atoms with Gasteiger partial charge < -0.3 is 14.8 Å². The third kappa shape index (κ3) is 2.72. The van der Waals surface area contributed by atoms with Crippen molar-refractivity contribution in [3.8, 4) is 0 Å². The maximum absolute atomic E-state index is 4.81. The van der Waals surface area contributed by atoms with Crippen LogP contribution in [0.15, 0.2) is 30.9 Å². The molecule has 2 aliphatic heterocycles. The van der Waals surface area contributed by atoms with Gasteiger partial charge in [-0.2, -0.15) is 0 Å². The van der Waals surface area contributed by atoms with E-state index in [9.17, 15) is 0 Å². The van der Waals surface area contributed by atoms with Crippen molar-refractivity contribution in [2.45, 2.75) is 45.7 Å². The molecule has 3 aromatic heterocycles. The standard InChI is InChI=1S/C23H28N6/c1-3-15-10-28(11-16-9-18(15)16)23-19-12-29(14(2)8-20(19)26-13-27-23)21-5-7-25-22-17(21)4-6-24-22/h4-7,13-16,18H,3,8-12H2,1-2H3,(H,24,25)/t14-,15+,16-,18-/m1/s1. The van der Waals surface area contributed by atoms with Crippen LogP contribution in [0, 0.1) is 17.8 Å². The number of aromatic amines is 1. The maximum atomic E-state index is 4.81. The lowest BCUT2D eigenvalue weighted by atomic mass is 9.93. The number of hydrogen-bond donors (Lipinski definition) is 1. The van der Waals surface area contributed by atoms with Gasteiger partial charge in [0.25, 0.3) is 0 Å². The summed E-state index contributed by atoms with van der Waals surface area (Å²) in [4.78, 5) is 22.3. The number of anilines is 2. The summed E-state index contributed by atoms with van der Waals surface area (Å²) in [6, 6.07) is 4.67. The zero-order valence-electron chi connectivity index (χ0n) is 17.2. The average Bonchev–Trinajstić information content (AvgIpc) is 3.37. The molecule has 6 rings (SSSR count). The monoisotopic (exact) mass is 388 g/mol. The normalized spacial score (nSPS) is 28.3. The first kappa shape index (κ1) is 17.2. The van der Waals surface area contributed by atoms with E-state index in [1.165, 1.54) is 41.0 Å². The fourth-order valence-electron chi connectivity index (χ4n) is 5.72. The number of nitrogens with one attached hydrogen (secondary N) is 1. The summed E-state index contributed by atoms with van der Waals surface area (Å²) in [6.07, 6.45) is 9.31. The molecule has 6 heteroatoms. The van der Waals surface area contributed by atoms with Crippen LogP contribution >= 0.6 is 0 Å². The minimum atomic E-state index is 0.392. The zero-order valence-corrected chi connectivity index (χ0v) is 17.2. The second kappa shape index (κ2) is 6.44. The van der Waals surface area contributed by atoms with Crippen LogP contribution < -0.4 is 9.80 Å². The lowest BCUT2D eigenvalue weighted by molar-refractivity contribution is 0.376. The highest BCUT2D eigenvalue weighted by Crippen LogP contribution is 2.50. The van der Waals surface area contributed by atoms with E-state index in [1.807, 2.05) is 12.4 Å². The van der Waals surface area contributed by atoms with E-state index in [4.69, 9.17) is 9.97 Å². The van der Waals surface area contributed by atoms with Crippen LogP contribution in [-0.4, -0.2) is 39.1 Å². The number of fused-ring (bicyclic) bond motifs is 3. The van der Waals surface area contributed by atoms with Crippen molar-refractivity contribution >= 4 is 22.5 Å². The Balaban J connectivity index is 1.38. The molecule has 150 valence electrons. The van der Waals surface area contributed by atoms with E-state index in [0.717, 1.165) is 49.5 Å². The van der Waals surface area contributed by atoms with Crippen molar-refractivity contribution in [3.05, 3.63) is 42.1 Å². The van der Waals surface area contributed by atoms with Gasteiger partial charge in [-0.15, -0.1) is 0 Å². The van der Waals surface area contributed by atoms with Crippen LogP contribution in [0.4, 0.5) is 11.5 Å². The molecular formula is C23H28N6. The van der Waals surface area contributed by atoms with Crippen molar-refractivity contribution in [2.75, 3.05) is 22.9 Å².